The lowest BCUT2D eigenvalue weighted by atomic mass is 10.0. The molecule has 2 N–H and O–H groups in total. The molecular weight excluding hydrogens is 208 g/mol. The fourth-order valence-electron chi connectivity index (χ4n) is 1.45. The Kier molecular flexibility index (Phi) is 7.88. The number of thioether (sulfide) groups is 1. The maximum absolute atomic E-state index is 11.4. The summed E-state index contributed by atoms with van der Waals surface area (Å²) in [6, 6.07) is 0. The van der Waals surface area contributed by atoms with E-state index >= 15 is 0 Å². The number of hydrogen-bond donors (Lipinski definition) is 2. The van der Waals surface area contributed by atoms with E-state index in [0.29, 0.717) is 6.42 Å². The Labute approximate surface area is 97.8 Å². The molecule has 90 valence electrons. The Morgan fingerprint density at radius 2 is 1.93 bits per heavy atom. The monoisotopic (exact) mass is 232 g/mol. The minimum absolute atomic E-state index is 0.143. The first kappa shape index (κ1) is 14.8. The normalized spacial score (nSPS) is 11.5. The minimum Gasteiger partial charge on any atom is -0.355 e. The molecule has 0 aliphatic carbocycles. The molecule has 0 aromatic rings. The quantitative estimate of drug-likeness (QED) is 0.668. The van der Waals surface area contributed by atoms with Crippen LogP contribution in [0.2, 0.25) is 0 Å². The lowest BCUT2D eigenvalue weighted by molar-refractivity contribution is -0.121. The van der Waals surface area contributed by atoms with E-state index in [1.807, 2.05) is 18.8 Å². The van der Waals surface area contributed by atoms with Gasteiger partial charge in [0.05, 0.1) is 0 Å². The predicted octanol–water partition coefficient (Wildman–Crippen LogP) is 1.63. The van der Waals surface area contributed by atoms with Gasteiger partial charge < -0.3 is 10.6 Å². The van der Waals surface area contributed by atoms with E-state index in [0.717, 1.165) is 25.9 Å². The van der Waals surface area contributed by atoms with Crippen LogP contribution in [0.4, 0.5) is 0 Å². The summed E-state index contributed by atoms with van der Waals surface area (Å²) in [5.74, 6) is 0.143. The zero-order valence-corrected chi connectivity index (χ0v) is 11.2. The van der Waals surface area contributed by atoms with Crippen molar-refractivity contribution in [2.75, 3.05) is 26.4 Å². The Morgan fingerprint density at radius 3 is 2.33 bits per heavy atom. The summed E-state index contributed by atoms with van der Waals surface area (Å²) in [5, 5.41) is 5.98. The molecule has 4 heteroatoms. The van der Waals surface area contributed by atoms with Gasteiger partial charge in [-0.2, -0.15) is 11.8 Å². The number of hydrogen-bond acceptors (Lipinski definition) is 3. The Balaban J connectivity index is 3.93. The summed E-state index contributed by atoms with van der Waals surface area (Å²) in [4.78, 5) is 11.4. The first-order valence-corrected chi connectivity index (χ1v) is 6.83. The van der Waals surface area contributed by atoms with E-state index in [9.17, 15) is 4.79 Å². The van der Waals surface area contributed by atoms with Crippen molar-refractivity contribution in [1.29, 1.82) is 0 Å². The highest BCUT2D eigenvalue weighted by Crippen LogP contribution is 2.29. The van der Waals surface area contributed by atoms with E-state index in [1.54, 1.807) is 0 Å². The van der Waals surface area contributed by atoms with Gasteiger partial charge in [-0.05, 0) is 26.1 Å². The summed E-state index contributed by atoms with van der Waals surface area (Å²) in [6.07, 6.45) is 4.87. The van der Waals surface area contributed by atoms with Gasteiger partial charge in [0.2, 0.25) is 5.91 Å². The standard InChI is InChI=1S/C11H24N2OS/c1-5-11(6-2,15-4)9-13-10(14)7-8-12-3/h12H,5-9H2,1-4H3,(H,13,14). The van der Waals surface area contributed by atoms with E-state index in [2.05, 4.69) is 30.7 Å². The Hall–Kier alpha value is -0.220. The molecule has 0 spiro atoms. The molecule has 0 unspecified atom stereocenters. The summed E-state index contributed by atoms with van der Waals surface area (Å²) < 4.78 is 0.218. The van der Waals surface area contributed by atoms with Crippen LogP contribution in [-0.2, 0) is 4.79 Å². The summed E-state index contributed by atoms with van der Waals surface area (Å²) in [5.41, 5.74) is 0. The number of carbonyl (C=O) groups excluding carboxylic acids is 1. The van der Waals surface area contributed by atoms with Crippen LogP contribution in [0, 0.1) is 0 Å². The van der Waals surface area contributed by atoms with Gasteiger partial charge in [-0.25, -0.2) is 0 Å². The van der Waals surface area contributed by atoms with Gasteiger partial charge in [-0.15, -0.1) is 0 Å². The molecule has 0 saturated heterocycles. The van der Waals surface area contributed by atoms with Crippen molar-refractivity contribution >= 4 is 17.7 Å². The molecule has 0 bridgehead atoms. The molecule has 1 amide bonds. The molecule has 0 atom stereocenters. The molecular formula is C11H24N2OS. The Bertz CT molecular complexity index is 173. The maximum atomic E-state index is 11.4. The second-order valence-corrected chi connectivity index (χ2v) is 5.00. The number of carbonyl (C=O) groups is 1. The van der Waals surface area contributed by atoms with Gasteiger partial charge in [-0.3, -0.25) is 4.79 Å². The van der Waals surface area contributed by atoms with Crippen LogP contribution in [0.1, 0.15) is 33.1 Å². The molecule has 0 saturated carbocycles. The second kappa shape index (κ2) is 7.99. The summed E-state index contributed by atoms with van der Waals surface area (Å²) >= 11 is 1.85. The minimum atomic E-state index is 0.143. The van der Waals surface area contributed by atoms with E-state index < -0.39 is 0 Å². The smallest absolute Gasteiger partial charge is 0.221 e. The van der Waals surface area contributed by atoms with Crippen molar-refractivity contribution in [3.63, 3.8) is 0 Å². The molecule has 0 radical (unpaired) electrons. The van der Waals surface area contributed by atoms with Gasteiger partial charge in [0.1, 0.15) is 0 Å². The van der Waals surface area contributed by atoms with Gasteiger partial charge in [0, 0.05) is 24.3 Å². The average Bonchev–Trinajstić information content (AvgIpc) is 2.29. The topological polar surface area (TPSA) is 41.1 Å². The number of rotatable bonds is 8. The van der Waals surface area contributed by atoms with Crippen LogP contribution in [0.25, 0.3) is 0 Å². The van der Waals surface area contributed by atoms with Crippen LogP contribution in [0.15, 0.2) is 0 Å². The fraction of sp³-hybridized carbons (Fsp3) is 0.909. The van der Waals surface area contributed by atoms with Crippen molar-refractivity contribution in [3.05, 3.63) is 0 Å². The van der Waals surface area contributed by atoms with Crippen LogP contribution >= 0.6 is 11.8 Å². The maximum Gasteiger partial charge on any atom is 0.221 e. The first-order valence-electron chi connectivity index (χ1n) is 5.60. The van der Waals surface area contributed by atoms with Gasteiger partial charge in [-0.1, -0.05) is 13.8 Å². The molecule has 0 aromatic carbocycles. The number of nitrogens with one attached hydrogen (secondary N) is 2. The molecule has 0 aliphatic heterocycles. The summed E-state index contributed by atoms with van der Waals surface area (Å²) in [6.45, 7) is 5.89. The van der Waals surface area contributed by atoms with Crippen molar-refractivity contribution in [2.24, 2.45) is 0 Å². The van der Waals surface area contributed by atoms with Gasteiger partial charge >= 0.3 is 0 Å². The van der Waals surface area contributed by atoms with Crippen molar-refractivity contribution in [2.45, 2.75) is 37.9 Å². The fourth-order valence-corrected chi connectivity index (χ4v) is 2.24. The molecule has 0 aromatic heterocycles. The highest BCUT2D eigenvalue weighted by Gasteiger charge is 2.25. The SMILES string of the molecule is CCC(CC)(CNC(=O)CCNC)SC. The van der Waals surface area contributed by atoms with E-state index in [1.165, 1.54) is 0 Å². The predicted molar refractivity (Wildman–Crippen MR) is 68.4 cm³/mol. The second-order valence-electron chi connectivity index (χ2n) is 3.72. The zero-order valence-electron chi connectivity index (χ0n) is 10.4. The van der Waals surface area contributed by atoms with Crippen LogP contribution in [0.3, 0.4) is 0 Å². The van der Waals surface area contributed by atoms with E-state index in [-0.39, 0.29) is 10.7 Å². The highest BCUT2D eigenvalue weighted by atomic mass is 32.2. The third-order valence-corrected chi connectivity index (χ3v) is 4.52. The zero-order chi connectivity index (χ0) is 11.7. The molecule has 0 heterocycles. The molecule has 0 aliphatic rings. The number of amides is 1. The average molecular weight is 232 g/mol. The van der Waals surface area contributed by atoms with Crippen molar-refractivity contribution < 1.29 is 4.79 Å². The van der Waals surface area contributed by atoms with Gasteiger partial charge in [0.15, 0.2) is 0 Å². The van der Waals surface area contributed by atoms with Crippen molar-refractivity contribution in [3.8, 4) is 0 Å². The molecule has 15 heavy (non-hydrogen) atoms. The highest BCUT2D eigenvalue weighted by molar-refractivity contribution is 8.00. The third kappa shape index (κ3) is 5.42. The van der Waals surface area contributed by atoms with E-state index in [4.69, 9.17) is 0 Å². The lowest BCUT2D eigenvalue weighted by Gasteiger charge is -2.29. The molecule has 0 fully saturated rings. The molecule has 3 nitrogen and oxygen atoms in total. The van der Waals surface area contributed by atoms with Crippen LogP contribution < -0.4 is 10.6 Å². The van der Waals surface area contributed by atoms with Crippen molar-refractivity contribution in [1.82, 2.24) is 10.6 Å². The third-order valence-electron chi connectivity index (χ3n) is 2.93. The van der Waals surface area contributed by atoms with Crippen LogP contribution in [-0.4, -0.2) is 37.0 Å². The lowest BCUT2D eigenvalue weighted by Crippen LogP contribution is -2.40. The molecule has 0 rings (SSSR count). The summed E-state index contributed by atoms with van der Waals surface area (Å²) in [7, 11) is 1.86. The van der Waals surface area contributed by atoms with Crippen LogP contribution in [0.5, 0.6) is 0 Å². The van der Waals surface area contributed by atoms with Gasteiger partial charge in [0.25, 0.3) is 0 Å². The largest absolute Gasteiger partial charge is 0.355 e. The first-order chi connectivity index (χ1) is 7.14. The Morgan fingerprint density at radius 1 is 1.33 bits per heavy atom.